The fourth-order valence-electron chi connectivity index (χ4n) is 0.881. The van der Waals surface area contributed by atoms with Crippen LogP contribution in [0.5, 0.6) is 0 Å². The molecule has 0 amide bonds. The number of rotatable bonds is 0. The van der Waals surface area contributed by atoms with Gasteiger partial charge in [0.05, 0.1) is 0 Å². The molecule has 1 saturated heterocycles. The zero-order valence-electron chi connectivity index (χ0n) is 6.27. The van der Waals surface area contributed by atoms with E-state index in [9.17, 15) is 0 Å². The van der Waals surface area contributed by atoms with Gasteiger partial charge in [-0.3, -0.25) is 0 Å². The SMILES string of the molecule is C1CSCCNCCSC1. The van der Waals surface area contributed by atoms with E-state index >= 15 is 0 Å². The Bertz CT molecular complexity index is 44.8. The Morgan fingerprint density at radius 3 is 2.00 bits per heavy atom. The van der Waals surface area contributed by atoms with Crippen molar-refractivity contribution in [1.82, 2.24) is 5.32 Å². The molecule has 1 heterocycles. The Morgan fingerprint density at radius 2 is 1.40 bits per heavy atom. The van der Waals surface area contributed by atoms with Gasteiger partial charge in [-0.1, -0.05) is 0 Å². The molecule has 3 heteroatoms. The Balaban J connectivity index is 2.00. The number of hydrogen-bond donors (Lipinski definition) is 1. The van der Waals surface area contributed by atoms with Gasteiger partial charge in [-0.15, -0.1) is 0 Å². The minimum atomic E-state index is 1.20. The summed E-state index contributed by atoms with van der Waals surface area (Å²) in [5.74, 6) is 5.30. The fraction of sp³-hybridized carbons (Fsp3) is 1.00. The normalized spacial score (nSPS) is 24.0. The number of nitrogens with one attached hydrogen (secondary N) is 1. The molecule has 1 fully saturated rings. The van der Waals surface area contributed by atoms with Gasteiger partial charge >= 0.3 is 0 Å². The average molecular weight is 177 g/mol. The summed E-state index contributed by atoms with van der Waals surface area (Å²) >= 11 is 4.15. The summed E-state index contributed by atoms with van der Waals surface area (Å²) in [4.78, 5) is 0. The van der Waals surface area contributed by atoms with Crippen LogP contribution in [0.2, 0.25) is 0 Å². The largest absolute Gasteiger partial charge is 0.315 e. The summed E-state index contributed by atoms with van der Waals surface area (Å²) < 4.78 is 0. The minimum Gasteiger partial charge on any atom is -0.315 e. The van der Waals surface area contributed by atoms with Crippen molar-refractivity contribution in [1.29, 1.82) is 0 Å². The number of hydrogen-bond acceptors (Lipinski definition) is 3. The maximum Gasteiger partial charge on any atom is 0.00581 e. The van der Waals surface area contributed by atoms with Crippen molar-refractivity contribution >= 4 is 23.5 Å². The highest BCUT2D eigenvalue weighted by Gasteiger charge is 1.95. The first kappa shape index (κ1) is 8.75. The van der Waals surface area contributed by atoms with Gasteiger partial charge in [0.25, 0.3) is 0 Å². The molecule has 0 bridgehead atoms. The van der Waals surface area contributed by atoms with Crippen LogP contribution in [0, 0.1) is 0 Å². The summed E-state index contributed by atoms with van der Waals surface area (Å²) in [6.07, 6.45) is 1.40. The van der Waals surface area contributed by atoms with E-state index in [0.29, 0.717) is 0 Å². The second-order valence-electron chi connectivity index (χ2n) is 2.33. The Kier molecular flexibility index (Phi) is 5.58. The lowest BCUT2D eigenvalue weighted by Crippen LogP contribution is -2.21. The first-order valence-electron chi connectivity index (χ1n) is 3.86. The maximum absolute atomic E-state index is 3.41. The van der Waals surface area contributed by atoms with Crippen LogP contribution in [0.25, 0.3) is 0 Å². The van der Waals surface area contributed by atoms with Crippen LogP contribution in [0.1, 0.15) is 6.42 Å². The lowest BCUT2D eigenvalue weighted by atomic mass is 10.6. The molecule has 10 heavy (non-hydrogen) atoms. The van der Waals surface area contributed by atoms with Crippen molar-refractivity contribution in [2.75, 3.05) is 36.1 Å². The summed E-state index contributed by atoms with van der Waals surface area (Å²) in [7, 11) is 0. The van der Waals surface area contributed by atoms with Gasteiger partial charge in [0, 0.05) is 24.6 Å². The van der Waals surface area contributed by atoms with Crippen LogP contribution >= 0.6 is 23.5 Å². The van der Waals surface area contributed by atoms with Crippen molar-refractivity contribution in [3.63, 3.8) is 0 Å². The molecule has 0 saturated carbocycles. The summed E-state index contributed by atoms with van der Waals surface area (Å²) in [6.45, 7) is 2.40. The molecule has 0 spiro atoms. The third-order valence-corrected chi connectivity index (χ3v) is 3.56. The predicted molar refractivity (Wildman–Crippen MR) is 52.1 cm³/mol. The van der Waals surface area contributed by atoms with Gasteiger partial charge in [-0.05, 0) is 17.9 Å². The first-order valence-corrected chi connectivity index (χ1v) is 6.17. The molecule has 0 aromatic heterocycles. The van der Waals surface area contributed by atoms with E-state index in [1.807, 2.05) is 0 Å². The van der Waals surface area contributed by atoms with E-state index in [1.54, 1.807) is 0 Å². The molecule has 0 unspecified atom stereocenters. The highest BCUT2D eigenvalue weighted by molar-refractivity contribution is 8.00. The van der Waals surface area contributed by atoms with Gasteiger partial charge in [0.2, 0.25) is 0 Å². The third-order valence-electron chi connectivity index (χ3n) is 1.42. The summed E-state index contributed by atoms with van der Waals surface area (Å²) in [5, 5.41) is 3.41. The molecular formula is C7H15NS2. The summed E-state index contributed by atoms with van der Waals surface area (Å²) in [6, 6.07) is 0. The highest BCUT2D eigenvalue weighted by atomic mass is 32.2. The molecule has 1 aliphatic rings. The van der Waals surface area contributed by atoms with Gasteiger partial charge in [0.1, 0.15) is 0 Å². The molecule has 1 rings (SSSR count). The molecule has 0 aliphatic carbocycles. The minimum absolute atomic E-state index is 1.20. The first-order chi connectivity index (χ1) is 5.00. The lowest BCUT2D eigenvalue weighted by Gasteiger charge is -2.07. The van der Waals surface area contributed by atoms with Gasteiger partial charge in [0.15, 0.2) is 0 Å². The molecule has 0 aromatic rings. The molecular weight excluding hydrogens is 162 g/mol. The molecule has 0 atom stereocenters. The van der Waals surface area contributed by atoms with E-state index in [0.717, 1.165) is 0 Å². The van der Waals surface area contributed by atoms with Crippen LogP contribution in [-0.4, -0.2) is 36.1 Å². The fourth-order valence-corrected chi connectivity index (χ4v) is 2.75. The van der Waals surface area contributed by atoms with Crippen LogP contribution in [0.15, 0.2) is 0 Å². The van der Waals surface area contributed by atoms with Crippen molar-refractivity contribution < 1.29 is 0 Å². The highest BCUT2D eigenvalue weighted by Crippen LogP contribution is 2.08. The molecule has 0 radical (unpaired) electrons. The lowest BCUT2D eigenvalue weighted by molar-refractivity contribution is 0.772. The van der Waals surface area contributed by atoms with Gasteiger partial charge in [-0.25, -0.2) is 0 Å². The molecule has 0 aromatic carbocycles. The van der Waals surface area contributed by atoms with Crippen LogP contribution in [0.4, 0.5) is 0 Å². The Morgan fingerprint density at radius 1 is 0.800 bits per heavy atom. The topological polar surface area (TPSA) is 12.0 Å². The van der Waals surface area contributed by atoms with E-state index in [2.05, 4.69) is 28.8 Å². The molecule has 1 nitrogen and oxygen atoms in total. The molecule has 1 N–H and O–H groups in total. The quantitative estimate of drug-likeness (QED) is 0.601. The smallest absolute Gasteiger partial charge is 0.00581 e. The van der Waals surface area contributed by atoms with Crippen molar-refractivity contribution in [2.45, 2.75) is 6.42 Å². The van der Waals surface area contributed by atoms with Crippen molar-refractivity contribution in [3.05, 3.63) is 0 Å². The van der Waals surface area contributed by atoms with E-state index in [1.165, 1.54) is 42.5 Å². The predicted octanol–water partition coefficient (Wildman–Crippen LogP) is 1.45. The number of thioether (sulfide) groups is 2. The van der Waals surface area contributed by atoms with Crippen LogP contribution in [-0.2, 0) is 0 Å². The molecule has 60 valence electrons. The average Bonchev–Trinajstić information content (AvgIpc) is 2.01. The maximum atomic E-state index is 3.41. The van der Waals surface area contributed by atoms with Crippen molar-refractivity contribution in [3.8, 4) is 0 Å². The van der Waals surface area contributed by atoms with Crippen LogP contribution in [0.3, 0.4) is 0 Å². The van der Waals surface area contributed by atoms with Gasteiger partial charge in [-0.2, -0.15) is 23.5 Å². The second-order valence-corrected chi connectivity index (χ2v) is 4.78. The van der Waals surface area contributed by atoms with Crippen molar-refractivity contribution in [2.24, 2.45) is 0 Å². The van der Waals surface area contributed by atoms with Gasteiger partial charge < -0.3 is 5.32 Å². The van der Waals surface area contributed by atoms with E-state index < -0.39 is 0 Å². The third kappa shape index (κ3) is 4.47. The zero-order chi connectivity index (χ0) is 7.07. The monoisotopic (exact) mass is 177 g/mol. The van der Waals surface area contributed by atoms with E-state index in [-0.39, 0.29) is 0 Å². The molecule has 1 aliphatic heterocycles. The van der Waals surface area contributed by atoms with Crippen LogP contribution < -0.4 is 5.32 Å². The van der Waals surface area contributed by atoms with E-state index in [4.69, 9.17) is 0 Å². The second kappa shape index (κ2) is 6.38. The standard InChI is InChI=1S/C7H15NS2/c1-4-9-6-2-8-3-7-10-5-1/h8H,1-7H2. The Hall–Kier alpha value is 0.660. The summed E-state index contributed by atoms with van der Waals surface area (Å²) in [5.41, 5.74) is 0. The zero-order valence-corrected chi connectivity index (χ0v) is 7.90. The Labute approximate surface area is 71.7 Å².